The van der Waals surface area contributed by atoms with Gasteiger partial charge in [0.15, 0.2) is 6.23 Å². The Hall–Kier alpha value is -0.870. The standard InChI is InChI=1S/C10H19NO3/c1-4-10(13)14-9(7-8-12)11(5-2)6-3/h4,9,12H,1,5-8H2,2-3H3. The van der Waals surface area contributed by atoms with Crippen molar-refractivity contribution in [2.75, 3.05) is 19.7 Å². The van der Waals surface area contributed by atoms with E-state index in [1.54, 1.807) is 0 Å². The van der Waals surface area contributed by atoms with Crippen LogP contribution < -0.4 is 0 Å². The number of hydrogen-bond donors (Lipinski definition) is 1. The molecule has 1 N–H and O–H groups in total. The summed E-state index contributed by atoms with van der Waals surface area (Å²) in [6.07, 6.45) is 1.22. The Morgan fingerprint density at radius 2 is 2.14 bits per heavy atom. The molecule has 0 amide bonds. The van der Waals surface area contributed by atoms with Gasteiger partial charge in [-0.05, 0) is 13.1 Å². The molecule has 0 aromatic heterocycles. The summed E-state index contributed by atoms with van der Waals surface area (Å²) in [5, 5.41) is 8.82. The lowest BCUT2D eigenvalue weighted by molar-refractivity contribution is -0.154. The molecule has 4 nitrogen and oxygen atoms in total. The molecule has 0 saturated heterocycles. The smallest absolute Gasteiger partial charge is 0.331 e. The molecule has 0 radical (unpaired) electrons. The van der Waals surface area contributed by atoms with E-state index < -0.39 is 5.97 Å². The van der Waals surface area contributed by atoms with Crippen molar-refractivity contribution < 1.29 is 14.6 Å². The average molecular weight is 201 g/mol. The van der Waals surface area contributed by atoms with Gasteiger partial charge < -0.3 is 9.84 Å². The van der Waals surface area contributed by atoms with Crippen LogP contribution in [0.4, 0.5) is 0 Å². The number of aliphatic hydroxyl groups excluding tert-OH is 1. The fourth-order valence-corrected chi connectivity index (χ4v) is 1.24. The van der Waals surface area contributed by atoms with Gasteiger partial charge >= 0.3 is 5.97 Å². The molecular formula is C10H19NO3. The maximum Gasteiger partial charge on any atom is 0.331 e. The molecular weight excluding hydrogens is 182 g/mol. The minimum atomic E-state index is -0.449. The maximum atomic E-state index is 11.0. The number of ether oxygens (including phenoxy) is 1. The van der Waals surface area contributed by atoms with Crippen molar-refractivity contribution in [2.45, 2.75) is 26.5 Å². The number of aliphatic hydroxyl groups is 1. The Balaban J connectivity index is 4.24. The van der Waals surface area contributed by atoms with Crippen molar-refractivity contribution in [1.82, 2.24) is 4.90 Å². The van der Waals surface area contributed by atoms with E-state index in [2.05, 4.69) is 6.58 Å². The Kier molecular flexibility index (Phi) is 7.06. The lowest BCUT2D eigenvalue weighted by atomic mass is 10.3. The minimum Gasteiger partial charge on any atom is -0.443 e. The molecule has 4 heteroatoms. The van der Waals surface area contributed by atoms with Crippen LogP contribution in [0.2, 0.25) is 0 Å². The molecule has 0 rings (SSSR count). The summed E-state index contributed by atoms with van der Waals surface area (Å²) >= 11 is 0. The highest BCUT2D eigenvalue weighted by atomic mass is 16.6. The summed E-state index contributed by atoms with van der Waals surface area (Å²) in [4.78, 5) is 13.0. The van der Waals surface area contributed by atoms with Crippen LogP contribution in [0.3, 0.4) is 0 Å². The third kappa shape index (κ3) is 4.39. The van der Waals surface area contributed by atoms with E-state index in [1.165, 1.54) is 0 Å². The van der Waals surface area contributed by atoms with Gasteiger partial charge in [-0.25, -0.2) is 4.79 Å². The number of esters is 1. The molecule has 14 heavy (non-hydrogen) atoms. The Morgan fingerprint density at radius 3 is 2.50 bits per heavy atom. The van der Waals surface area contributed by atoms with Crippen LogP contribution in [-0.2, 0) is 9.53 Å². The van der Waals surface area contributed by atoms with Crippen molar-refractivity contribution in [1.29, 1.82) is 0 Å². The predicted octanol–water partition coefficient (Wildman–Crippen LogP) is 0.766. The van der Waals surface area contributed by atoms with Gasteiger partial charge in [0.1, 0.15) is 0 Å². The van der Waals surface area contributed by atoms with Crippen molar-refractivity contribution in [3.8, 4) is 0 Å². The summed E-state index contributed by atoms with van der Waals surface area (Å²) in [6.45, 7) is 8.86. The van der Waals surface area contributed by atoms with Crippen molar-refractivity contribution in [2.24, 2.45) is 0 Å². The van der Waals surface area contributed by atoms with Gasteiger partial charge in [-0.1, -0.05) is 20.4 Å². The number of nitrogens with zero attached hydrogens (tertiary/aromatic N) is 1. The fourth-order valence-electron chi connectivity index (χ4n) is 1.24. The van der Waals surface area contributed by atoms with Crippen LogP contribution in [0.5, 0.6) is 0 Å². The molecule has 82 valence electrons. The van der Waals surface area contributed by atoms with Gasteiger partial charge in [-0.3, -0.25) is 4.90 Å². The lowest BCUT2D eigenvalue weighted by Crippen LogP contribution is -2.39. The highest BCUT2D eigenvalue weighted by Crippen LogP contribution is 2.06. The first kappa shape index (κ1) is 13.1. The van der Waals surface area contributed by atoms with Gasteiger partial charge in [0.25, 0.3) is 0 Å². The third-order valence-corrected chi connectivity index (χ3v) is 2.01. The van der Waals surface area contributed by atoms with E-state index >= 15 is 0 Å². The second-order valence-electron chi connectivity index (χ2n) is 2.83. The Morgan fingerprint density at radius 1 is 1.57 bits per heavy atom. The van der Waals surface area contributed by atoms with Gasteiger partial charge in [-0.15, -0.1) is 0 Å². The van der Waals surface area contributed by atoms with E-state index in [4.69, 9.17) is 9.84 Å². The molecule has 0 aliphatic rings. The molecule has 0 aromatic rings. The van der Waals surface area contributed by atoms with E-state index in [1.807, 2.05) is 18.7 Å². The second kappa shape index (κ2) is 7.53. The quantitative estimate of drug-likeness (QED) is 0.375. The van der Waals surface area contributed by atoms with Crippen LogP contribution in [0.1, 0.15) is 20.3 Å². The molecule has 0 heterocycles. The first-order valence-corrected chi connectivity index (χ1v) is 4.87. The molecule has 0 spiro atoms. The zero-order valence-electron chi connectivity index (χ0n) is 8.90. The SMILES string of the molecule is C=CC(=O)OC(CCO)N(CC)CC. The fraction of sp³-hybridized carbons (Fsp3) is 0.700. The summed E-state index contributed by atoms with van der Waals surface area (Å²) in [5.41, 5.74) is 0. The number of carbonyl (C=O) groups is 1. The maximum absolute atomic E-state index is 11.0. The molecule has 0 aromatic carbocycles. The first-order chi connectivity index (χ1) is 6.69. The van der Waals surface area contributed by atoms with Crippen LogP contribution in [0.15, 0.2) is 12.7 Å². The van der Waals surface area contributed by atoms with Gasteiger partial charge in [0.2, 0.25) is 0 Å². The predicted molar refractivity (Wildman–Crippen MR) is 54.7 cm³/mol. The number of carbonyl (C=O) groups excluding carboxylic acids is 1. The summed E-state index contributed by atoms with van der Waals surface area (Å²) < 4.78 is 5.09. The Labute approximate surface area is 85.2 Å². The van der Waals surface area contributed by atoms with E-state index in [0.29, 0.717) is 6.42 Å². The highest BCUT2D eigenvalue weighted by molar-refractivity contribution is 5.81. The van der Waals surface area contributed by atoms with Crippen LogP contribution in [0.25, 0.3) is 0 Å². The zero-order chi connectivity index (χ0) is 11.0. The van der Waals surface area contributed by atoms with Crippen LogP contribution in [-0.4, -0.2) is 41.9 Å². The molecule has 1 unspecified atom stereocenters. The van der Waals surface area contributed by atoms with Gasteiger partial charge in [0, 0.05) is 19.1 Å². The molecule has 0 bridgehead atoms. The van der Waals surface area contributed by atoms with Crippen molar-refractivity contribution >= 4 is 5.97 Å². The van der Waals surface area contributed by atoms with Crippen LogP contribution in [0, 0.1) is 0 Å². The first-order valence-electron chi connectivity index (χ1n) is 4.87. The monoisotopic (exact) mass is 201 g/mol. The van der Waals surface area contributed by atoms with Gasteiger partial charge in [0.05, 0.1) is 0 Å². The van der Waals surface area contributed by atoms with Crippen molar-refractivity contribution in [3.05, 3.63) is 12.7 Å². The largest absolute Gasteiger partial charge is 0.443 e. The zero-order valence-corrected chi connectivity index (χ0v) is 8.90. The molecule has 0 saturated carbocycles. The average Bonchev–Trinajstić information content (AvgIpc) is 2.19. The summed E-state index contributed by atoms with van der Waals surface area (Å²) in [5.74, 6) is -0.449. The normalized spacial score (nSPS) is 12.6. The van der Waals surface area contributed by atoms with Crippen molar-refractivity contribution in [3.63, 3.8) is 0 Å². The highest BCUT2D eigenvalue weighted by Gasteiger charge is 2.17. The second-order valence-corrected chi connectivity index (χ2v) is 2.83. The van der Waals surface area contributed by atoms with Gasteiger partial charge in [-0.2, -0.15) is 0 Å². The molecule has 0 aliphatic carbocycles. The third-order valence-electron chi connectivity index (χ3n) is 2.01. The number of hydrogen-bond acceptors (Lipinski definition) is 4. The molecule has 0 aliphatic heterocycles. The van der Waals surface area contributed by atoms with E-state index in [-0.39, 0.29) is 12.8 Å². The minimum absolute atomic E-state index is 0.00555. The molecule has 0 fully saturated rings. The molecule has 1 atom stereocenters. The number of rotatable bonds is 7. The van der Waals surface area contributed by atoms with E-state index in [0.717, 1.165) is 19.2 Å². The summed E-state index contributed by atoms with van der Waals surface area (Å²) in [7, 11) is 0. The van der Waals surface area contributed by atoms with E-state index in [9.17, 15) is 4.79 Å². The Bertz CT molecular complexity index is 178. The van der Waals surface area contributed by atoms with Crippen LogP contribution >= 0.6 is 0 Å². The topological polar surface area (TPSA) is 49.8 Å². The lowest BCUT2D eigenvalue weighted by Gasteiger charge is -2.28. The summed E-state index contributed by atoms with van der Waals surface area (Å²) in [6, 6.07) is 0.